The Balaban J connectivity index is 1.57. The predicted octanol–water partition coefficient (Wildman–Crippen LogP) is 3.87. The molecule has 2 heterocycles. The molecule has 1 N–H and O–H groups in total. The molecule has 0 fully saturated rings. The van der Waals surface area contributed by atoms with Gasteiger partial charge in [0.1, 0.15) is 18.9 Å². The van der Waals surface area contributed by atoms with Crippen LogP contribution in [0.1, 0.15) is 5.56 Å². The summed E-state index contributed by atoms with van der Waals surface area (Å²) in [4.78, 5) is 28.3. The summed E-state index contributed by atoms with van der Waals surface area (Å²) in [6, 6.07) is 19.3. The molecule has 0 spiro atoms. The van der Waals surface area contributed by atoms with Gasteiger partial charge in [-0.1, -0.05) is 30.3 Å². The van der Waals surface area contributed by atoms with Crippen LogP contribution in [-0.2, 0) is 9.59 Å². The quantitative estimate of drug-likeness (QED) is 0.561. The van der Waals surface area contributed by atoms with Crippen LogP contribution in [0.15, 0.2) is 72.4 Å². The highest BCUT2D eigenvalue weighted by Gasteiger charge is 2.40. The second kappa shape index (κ2) is 8.82. The molecule has 0 radical (unpaired) electrons. The summed E-state index contributed by atoms with van der Waals surface area (Å²) in [7, 11) is 3.08. The van der Waals surface area contributed by atoms with E-state index in [9.17, 15) is 9.59 Å². The average molecular weight is 458 g/mol. The molecule has 3 aromatic rings. The van der Waals surface area contributed by atoms with Gasteiger partial charge in [0.05, 0.1) is 25.5 Å². The number of nitrogens with zero attached hydrogens (tertiary/aromatic N) is 1. The zero-order valence-electron chi connectivity index (χ0n) is 18.7. The second-order valence-electron chi connectivity index (χ2n) is 7.58. The van der Waals surface area contributed by atoms with E-state index in [0.29, 0.717) is 53.2 Å². The molecule has 0 unspecified atom stereocenters. The van der Waals surface area contributed by atoms with Gasteiger partial charge in [0.15, 0.2) is 23.0 Å². The van der Waals surface area contributed by atoms with Crippen molar-refractivity contribution in [3.63, 3.8) is 0 Å². The van der Waals surface area contributed by atoms with Gasteiger partial charge in [-0.25, -0.2) is 4.90 Å². The van der Waals surface area contributed by atoms with Crippen LogP contribution in [0, 0.1) is 0 Å². The Morgan fingerprint density at radius 2 is 1.53 bits per heavy atom. The third kappa shape index (κ3) is 3.69. The van der Waals surface area contributed by atoms with Crippen LogP contribution in [0.2, 0.25) is 0 Å². The Morgan fingerprint density at radius 3 is 2.26 bits per heavy atom. The molecule has 2 amide bonds. The largest absolute Gasteiger partial charge is 0.493 e. The van der Waals surface area contributed by atoms with Crippen LogP contribution < -0.4 is 29.2 Å². The maximum atomic E-state index is 13.6. The molecule has 0 atom stereocenters. The molecule has 0 saturated carbocycles. The van der Waals surface area contributed by atoms with E-state index in [2.05, 4.69) is 5.32 Å². The Bertz CT molecular complexity index is 1300. The van der Waals surface area contributed by atoms with Crippen molar-refractivity contribution in [2.24, 2.45) is 0 Å². The van der Waals surface area contributed by atoms with Crippen molar-refractivity contribution in [1.82, 2.24) is 0 Å². The number of carbonyl (C=O) groups excluding carboxylic acids is 2. The SMILES string of the molecule is COc1ccc(NC2=C(c3ccccc3)C(=O)N(c3ccc4c(c3)OCCO4)C2=O)cc1OC. The van der Waals surface area contributed by atoms with Crippen LogP contribution >= 0.6 is 0 Å². The van der Waals surface area contributed by atoms with Crippen molar-refractivity contribution in [2.75, 3.05) is 37.7 Å². The number of fused-ring (bicyclic) bond motifs is 1. The van der Waals surface area contributed by atoms with E-state index in [1.165, 1.54) is 7.11 Å². The first-order valence-corrected chi connectivity index (χ1v) is 10.7. The lowest BCUT2D eigenvalue weighted by molar-refractivity contribution is -0.120. The lowest BCUT2D eigenvalue weighted by atomic mass is 10.0. The molecule has 5 rings (SSSR count). The van der Waals surface area contributed by atoms with Crippen molar-refractivity contribution < 1.29 is 28.5 Å². The van der Waals surface area contributed by atoms with Gasteiger partial charge in [-0.05, 0) is 29.8 Å². The van der Waals surface area contributed by atoms with E-state index >= 15 is 0 Å². The maximum absolute atomic E-state index is 13.6. The summed E-state index contributed by atoms with van der Waals surface area (Å²) in [6.07, 6.45) is 0. The maximum Gasteiger partial charge on any atom is 0.282 e. The summed E-state index contributed by atoms with van der Waals surface area (Å²) in [5.41, 5.74) is 2.04. The van der Waals surface area contributed by atoms with Gasteiger partial charge in [-0.3, -0.25) is 9.59 Å². The summed E-state index contributed by atoms with van der Waals surface area (Å²) < 4.78 is 21.9. The van der Waals surface area contributed by atoms with Crippen LogP contribution in [0.3, 0.4) is 0 Å². The first kappa shape index (κ1) is 21.4. The van der Waals surface area contributed by atoms with Gasteiger partial charge in [0.25, 0.3) is 11.8 Å². The molecule has 0 aromatic heterocycles. The topological polar surface area (TPSA) is 86.3 Å². The van der Waals surface area contributed by atoms with Crippen LogP contribution in [0.25, 0.3) is 5.57 Å². The summed E-state index contributed by atoms with van der Waals surface area (Å²) in [6.45, 7) is 0.852. The molecular formula is C26H22N2O6. The minimum Gasteiger partial charge on any atom is -0.493 e. The Hall–Kier alpha value is -4.46. The van der Waals surface area contributed by atoms with E-state index in [0.717, 1.165) is 4.90 Å². The van der Waals surface area contributed by atoms with Crippen molar-refractivity contribution in [3.05, 3.63) is 78.0 Å². The molecule has 34 heavy (non-hydrogen) atoms. The zero-order valence-corrected chi connectivity index (χ0v) is 18.7. The van der Waals surface area contributed by atoms with E-state index in [-0.39, 0.29) is 11.3 Å². The number of hydrogen-bond acceptors (Lipinski definition) is 7. The van der Waals surface area contributed by atoms with Gasteiger partial charge in [0.2, 0.25) is 0 Å². The first-order valence-electron chi connectivity index (χ1n) is 10.7. The number of amides is 2. The van der Waals surface area contributed by atoms with E-state index < -0.39 is 11.8 Å². The number of ether oxygens (including phenoxy) is 4. The Morgan fingerprint density at radius 1 is 0.794 bits per heavy atom. The monoisotopic (exact) mass is 458 g/mol. The second-order valence-corrected chi connectivity index (χ2v) is 7.58. The van der Waals surface area contributed by atoms with Crippen LogP contribution in [0.5, 0.6) is 23.0 Å². The normalized spacial score (nSPS) is 14.9. The third-order valence-corrected chi connectivity index (χ3v) is 5.58. The zero-order chi connectivity index (χ0) is 23.7. The molecule has 2 aliphatic rings. The van der Waals surface area contributed by atoms with Crippen molar-refractivity contribution >= 4 is 28.8 Å². The summed E-state index contributed by atoms with van der Waals surface area (Å²) >= 11 is 0. The van der Waals surface area contributed by atoms with Gasteiger partial charge in [0, 0.05) is 17.8 Å². The molecule has 3 aromatic carbocycles. The number of nitrogens with one attached hydrogen (secondary N) is 1. The average Bonchev–Trinajstić information content (AvgIpc) is 3.12. The van der Waals surface area contributed by atoms with Gasteiger partial charge in [-0.15, -0.1) is 0 Å². The number of imide groups is 1. The first-order chi connectivity index (χ1) is 16.6. The van der Waals surface area contributed by atoms with Crippen molar-refractivity contribution in [1.29, 1.82) is 0 Å². The number of benzene rings is 3. The molecule has 0 aliphatic carbocycles. The predicted molar refractivity (Wildman–Crippen MR) is 126 cm³/mol. The fourth-order valence-electron chi connectivity index (χ4n) is 3.98. The van der Waals surface area contributed by atoms with Gasteiger partial charge >= 0.3 is 0 Å². The minimum absolute atomic E-state index is 0.165. The smallest absolute Gasteiger partial charge is 0.282 e. The van der Waals surface area contributed by atoms with Crippen molar-refractivity contribution in [2.45, 2.75) is 0 Å². The number of hydrogen-bond donors (Lipinski definition) is 1. The fourth-order valence-corrected chi connectivity index (χ4v) is 3.98. The molecule has 172 valence electrons. The number of anilines is 2. The standard InChI is InChI=1S/C26H22N2O6/c1-31-19-10-8-17(14-21(19)32-2)27-24-23(16-6-4-3-5-7-16)25(29)28(26(24)30)18-9-11-20-22(15-18)34-13-12-33-20/h3-11,14-15,27H,12-13H2,1-2H3. The number of methoxy groups -OCH3 is 2. The molecule has 0 bridgehead atoms. The highest BCUT2D eigenvalue weighted by atomic mass is 16.6. The van der Waals surface area contributed by atoms with Gasteiger partial charge < -0.3 is 24.3 Å². The van der Waals surface area contributed by atoms with E-state index in [1.807, 2.05) is 18.2 Å². The Kier molecular flexibility index (Phi) is 5.55. The van der Waals surface area contributed by atoms with Crippen molar-refractivity contribution in [3.8, 4) is 23.0 Å². The summed E-state index contributed by atoms with van der Waals surface area (Å²) in [5, 5.41) is 3.13. The van der Waals surface area contributed by atoms with Crippen LogP contribution in [0.4, 0.5) is 11.4 Å². The molecule has 8 heteroatoms. The Labute approximate surface area is 196 Å². The molecule has 8 nitrogen and oxygen atoms in total. The number of rotatable bonds is 6. The highest BCUT2D eigenvalue weighted by molar-refractivity contribution is 6.46. The molecule has 0 saturated heterocycles. The molecular weight excluding hydrogens is 436 g/mol. The molecule has 2 aliphatic heterocycles. The van der Waals surface area contributed by atoms with E-state index in [1.54, 1.807) is 55.6 Å². The summed E-state index contributed by atoms with van der Waals surface area (Å²) in [5.74, 6) is 1.21. The van der Waals surface area contributed by atoms with Crippen LogP contribution in [-0.4, -0.2) is 39.2 Å². The highest BCUT2D eigenvalue weighted by Crippen LogP contribution is 2.39. The van der Waals surface area contributed by atoms with Gasteiger partial charge in [-0.2, -0.15) is 0 Å². The van der Waals surface area contributed by atoms with E-state index in [4.69, 9.17) is 18.9 Å². The minimum atomic E-state index is -0.477. The third-order valence-electron chi connectivity index (χ3n) is 5.58. The lowest BCUT2D eigenvalue weighted by Crippen LogP contribution is -2.32. The fraction of sp³-hybridized carbons (Fsp3) is 0.154. The lowest BCUT2D eigenvalue weighted by Gasteiger charge is -2.21. The number of carbonyl (C=O) groups is 2.